The Hall–Kier alpha value is 0.132. The van der Waals surface area contributed by atoms with E-state index in [0.29, 0.717) is 0 Å². The van der Waals surface area contributed by atoms with E-state index in [0.717, 1.165) is 0 Å². The Kier molecular flexibility index (Phi) is 21.2. The molecular formula is C4H9O2Pd-. The van der Waals surface area contributed by atoms with Gasteiger partial charge in [0.15, 0.2) is 0 Å². The molecule has 0 rings (SSSR count). The summed E-state index contributed by atoms with van der Waals surface area (Å²) in [4.78, 5) is 9.37. The van der Waals surface area contributed by atoms with Crippen molar-refractivity contribution in [3.05, 3.63) is 7.43 Å². The number of carbonyl (C=O) groups is 1. The van der Waals surface area contributed by atoms with Crippen LogP contribution >= 0.6 is 0 Å². The topological polar surface area (TPSA) is 37.3 Å². The van der Waals surface area contributed by atoms with Crippen LogP contribution in [0.4, 0.5) is 0 Å². The van der Waals surface area contributed by atoms with E-state index < -0.39 is 5.97 Å². The first-order valence-corrected chi connectivity index (χ1v) is 1.49. The first kappa shape index (κ1) is 15.7. The molecule has 0 aromatic heterocycles. The van der Waals surface area contributed by atoms with Crippen molar-refractivity contribution in [2.45, 2.75) is 13.3 Å². The summed E-state index contributed by atoms with van der Waals surface area (Å²) in [6.45, 7) is 1.60. The third kappa shape index (κ3) is 23.0. The fraction of sp³-hybridized carbons (Fsp3) is 0.500. The van der Waals surface area contributed by atoms with Crippen molar-refractivity contribution in [1.29, 1.82) is 0 Å². The van der Waals surface area contributed by atoms with Gasteiger partial charge in [0.25, 0.3) is 0 Å². The molecule has 0 bridgehead atoms. The quantitative estimate of drug-likeness (QED) is 0.499. The van der Waals surface area contributed by atoms with E-state index in [2.05, 4.69) is 0 Å². The maximum atomic E-state index is 9.37. The van der Waals surface area contributed by atoms with Crippen LogP contribution in [0.2, 0.25) is 0 Å². The van der Waals surface area contributed by atoms with Gasteiger partial charge in [-0.2, -0.15) is 0 Å². The zero-order valence-electron chi connectivity index (χ0n) is 4.38. The van der Waals surface area contributed by atoms with Crippen LogP contribution in [0.3, 0.4) is 0 Å². The molecule has 0 saturated carbocycles. The van der Waals surface area contributed by atoms with Gasteiger partial charge in [-0.25, -0.2) is 0 Å². The summed E-state index contributed by atoms with van der Waals surface area (Å²) in [5, 5.41) is 7.72. The molecule has 0 amide bonds. The van der Waals surface area contributed by atoms with E-state index >= 15 is 0 Å². The van der Waals surface area contributed by atoms with Gasteiger partial charge in [-0.05, 0) is 0 Å². The number of hydrogen-bond donors (Lipinski definition) is 1. The second-order valence-corrected chi connectivity index (χ2v) is 0.747. The fourth-order valence-electron chi connectivity index (χ4n) is 0. The Morgan fingerprint density at radius 3 is 1.86 bits per heavy atom. The minimum Gasteiger partial charge on any atom is -0.481 e. The Morgan fingerprint density at radius 2 is 1.86 bits per heavy atom. The molecule has 0 aliphatic rings. The van der Waals surface area contributed by atoms with Gasteiger partial charge in [0, 0.05) is 26.8 Å². The van der Waals surface area contributed by atoms with Gasteiger partial charge in [-0.15, -0.1) is 0 Å². The Balaban J connectivity index is -0.0000000800. The van der Waals surface area contributed by atoms with Crippen molar-refractivity contribution in [3.8, 4) is 0 Å². The number of hydrogen-bond acceptors (Lipinski definition) is 1. The largest absolute Gasteiger partial charge is 0.481 e. The van der Waals surface area contributed by atoms with Gasteiger partial charge in [0.1, 0.15) is 0 Å². The third-order valence-electron chi connectivity index (χ3n) is 0.302. The van der Waals surface area contributed by atoms with Gasteiger partial charge in [0.2, 0.25) is 0 Å². The van der Waals surface area contributed by atoms with E-state index in [4.69, 9.17) is 5.11 Å². The summed E-state index contributed by atoms with van der Waals surface area (Å²) in [6, 6.07) is 0. The van der Waals surface area contributed by atoms with Crippen molar-refractivity contribution in [2.24, 2.45) is 0 Å². The summed E-state index contributed by atoms with van der Waals surface area (Å²) in [7, 11) is 0. The Bertz CT molecular complexity index is 45.0. The van der Waals surface area contributed by atoms with Crippen LogP contribution < -0.4 is 0 Å². The molecule has 0 saturated heterocycles. The summed E-state index contributed by atoms with van der Waals surface area (Å²) < 4.78 is 0. The zero-order chi connectivity index (χ0) is 4.28. The maximum absolute atomic E-state index is 9.37. The Morgan fingerprint density at radius 1 is 1.71 bits per heavy atom. The number of aliphatic carboxylic acids is 1. The van der Waals surface area contributed by atoms with Crippen LogP contribution in [-0.4, -0.2) is 11.1 Å². The number of carboxylic acid groups (broad SMARTS) is 1. The molecule has 1 N–H and O–H groups in total. The van der Waals surface area contributed by atoms with Crippen LogP contribution in [-0.2, 0) is 25.2 Å². The second-order valence-electron chi connectivity index (χ2n) is 0.747. The van der Waals surface area contributed by atoms with Gasteiger partial charge < -0.3 is 12.5 Å². The van der Waals surface area contributed by atoms with Crippen molar-refractivity contribution >= 4 is 5.97 Å². The van der Waals surface area contributed by atoms with Gasteiger partial charge in [0.05, 0.1) is 0 Å². The minimum atomic E-state index is -0.745. The molecule has 0 radical (unpaired) electrons. The average Bonchev–Trinajstić information content (AvgIpc) is 1.38. The zero-order valence-corrected chi connectivity index (χ0v) is 5.93. The average molecular weight is 196 g/mol. The molecule has 0 aromatic carbocycles. The molecular weight excluding hydrogens is 186 g/mol. The van der Waals surface area contributed by atoms with Crippen LogP contribution in [0.25, 0.3) is 0 Å². The molecule has 2 nitrogen and oxygen atoms in total. The predicted octanol–water partition coefficient (Wildman–Crippen LogP) is 0.929. The smallest absolute Gasteiger partial charge is 0.303 e. The van der Waals surface area contributed by atoms with Crippen LogP contribution in [0.1, 0.15) is 13.3 Å². The number of rotatable bonds is 1. The molecule has 0 aliphatic heterocycles. The monoisotopic (exact) mass is 195 g/mol. The maximum Gasteiger partial charge on any atom is 0.303 e. The van der Waals surface area contributed by atoms with Crippen LogP contribution in [0.15, 0.2) is 0 Å². The molecule has 0 unspecified atom stereocenters. The first-order chi connectivity index (χ1) is 2.27. The fourth-order valence-corrected chi connectivity index (χ4v) is 0. The molecule has 48 valence electrons. The summed E-state index contributed by atoms with van der Waals surface area (Å²) in [5.41, 5.74) is 0. The van der Waals surface area contributed by atoms with Crippen LogP contribution in [0.5, 0.6) is 0 Å². The van der Waals surface area contributed by atoms with Crippen molar-refractivity contribution in [3.63, 3.8) is 0 Å². The predicted molar refractivity (Wildman–Crippen MR) is 24.3 cm³/mol. The molecule has 0 atom stereocenters. The van der Waals surface area contributed by atoms with Crippen molar-refractivity contribution < 1.29 is 30.3 Å². The van der Waals surface area contributed by atoms with E-state index in [1.165, 1.54) is 0 Å². The number of carboxylic acids is 1. The van der Waals surface area contributed by atoms with E-state index in [-0.39, 0.29) is 34.3 Å². The summed E-state index contributed by atoms with van der Waals surface area (Å²) in [5.74, 6) is -0.745. The standard InChI is InChI=1S/C3H6O2.CH3.Pd/c1-2-3(4)5;;/h2H2,1H3,(H,4,5);1H3;/q;-1;. The first-order valence-electron chi connectivity index (χ1n) is 1.49. The molecule has 7 heavy (non-hydrogen) atoms. The third-order valence-corrected chi connectivity index (χ3v) is 0.302. The van der Waals surface area contributed by atoms with Gasteiger partial charge in [-0.1, -0.05) is 6.92 Å². The molecule has 0 fully saturated rings. The molecule has 0 aliphatic carbocycles. The van der Waals surface area contributed by atoms with Crippen molar-refractivity contribution in [2.75, 3.05) is 0 Å². The van der Waals surface area contributed by atoms with Gasteiger partial charge >= 0.3 is 5.97 Å². The summed E-state index contributed by atoms with van der Waals surface area (Å²) >= 11 is 0. The van der Waals surface area contributed by atoms with Crippen molar-refractivity contribution in [1.82, 2.24) is 0 Å². The second kappa shape index (κ2) is 9.46. The van der Waals surface area contributed by atoms with E-state index in [9.17, 15) is 4.79 Å². The molecule has 0 spiro atoms. The van der Waals surface area contributed by atoms with E-state index in [1.54, 1.807) is 6.92 Å². The van der Waals surface area contributed by atoms with Gasteiger partial charge in [-0.3, -0.25) is 4.79 Å². The Labute approximate surface area is 57.6 Å². The molecule has 3 heteroatoms. The van der Waals surface area contributed by atoms with E-state index in [1.807, 2.05) is 0 Å². The minimum absolute atomic E-state index is 0. The summed E-state index contributed by atoms with van der Waals surface area (Å²) in [6.07, 6.45) is 0.222. The van der Waals surface area contributed by atoms with Crippen LogP contribution in [0, 0.1) is 7.43 Å². The normalized spacial score (nSPS) is 5.29. The molecule has 0 heterocycles. The molecule has 0 aromatic rings. The SMILES string of the molecule is CCC(=O)O.[CH3-].[Pd].